The van der Waals surface area contributed by atoms with Gasteiger partial charge in [-0.25, -0.2) is 0 Å². The van der Waals surface area contributed by atoms with E-state index in [-0.39, 0.29) is 0 Å². The minimum absolute atomic E-state index is 0.490. The first kappa shape index (κ1) is 12.9. The van der Waals surface area contributed by atoms with E-state index in [1.807, 2.05) is 0 Å². The number of piperidine rings is 1. The van der Waals surface area contributed by atoms with Gasteiger partial charge in [0.15, 0.2) is 0 Å². The van der Waals surface area contributed by atoms with Crippen molar-refractivity contribution in [2.75, 3.05) is 26.2 Å². The van der Waals surface area contributed by atoms with Gasteiger partial charge in [0.25, 0.3) is 0 Å². The zero-order valence-corrected chi connectivity index (χ0v) is 12.3. The molecule has 0 aromatic heterocycles. The molecule has 2 nitrogen and oxygen atoms in total. The Labute approximate surface area is 113 Å². The lowest BCUT2D eigenvalue weighted by molar-refractivity contribution is 0.121. The van der Waals surface area contributed by atoms with Crippen LogP contribution in [0.15, 0.2) is 0 Å². The second kappa shape index (κ2) is 5.13. The maximum absolute atomic E-state index is 3.79. The van der Waals surface area contributed by atoms with Gasteiger partial charge < -0.3 is 10.2 Å². The predicted molar refractivity (Wildman–Crippen MR) is 76.7 cm³/mol. The standard InChI is InChI=1S/C16H30N2/c1-16(2)8-3-9-17-15(16)12-18(10-13-4-5-13)11-14-6-7-14/h13-15,17H,3-12H2,1-2H3. The van der Waals surface area contributed by atoms with Gasteiger partial charge in [0, 0.05) is 25.7 Å². The van der Waals surface area contributed by atoms with Crippen LogP contribution in [0, 0.1) is 17.3 Å². The van der Waals surface area contributed by atoms with Crippen molar-refractivity contribution in [3.05, 3.63) is 0 Å². The first-order valence-electron chi connectivity index (χ1n) is 8.09. The van der Waals surface area contributed by atoms with Crippen molar-refractivity contribution in [2.24, 2.45) is 17.3 Å². The van der Waals surface area contributed by atoms with Crippen molar-refractivity contribution in [3.63, 3.8) is 0 Å². The van der Waals surface area contributed by atoms with Crippen molar-refractivity contribution in [1.29, 1.82) is 0 Å². The average Bonchev–Trinajstić information content (AvgIpc) is 3.16. The monoisotopic (exact) mass is 250 g/mol. The Hall–Kier alpha value is -0.0800. The molecule has 2 aliphatic carbocycles. The van der Waals surface area contributed by atoms with E-state index in [9.17, 15) is 0 Å². The molecule has 0 radical (unpaired) electrons. The van der Waals surface area contributed by atoms with Crippen molar-refractivity contribution in [3.8, 4) is 0 Å². The quantitative estimate of drug-likeness (QED) is 0.780. The fourth-order valence-corrected chi connectivity index (χ4v) is 3.40. The van der Waals surface area contributed by atoms with Crippen molar-refractivity contribution in [1.82, 2.24) is 10.2 Å². The summed E-state index contributed by atoms with van der Waals surface area (Å²) in [7, 11) is 0. The maximum Gasteiger partial charge on any atom is 0.0246 e. The summed E-state index contributed by atoms with van der Waals surface area (Å²) in [4.78, 5) is 2.79. The molecule has 0 amide bonds. The lowest BCUT2D eigenvalue weighted by Gasteiger charge is -2.42. The maximum atomic E-state index is 3.79. The Kier molecular flexibility index (Phi) is 3.68. The van der Waals surface area contributed by atoms with Crippen LogP contribution in [-0.2, 0) is 0 Å². The topological polar surface area (TPSA) is 15.3 Å². The lowest BCUT2D eigenvalue weighted by Crippen LogP contribution is -2.53. The van der Waals surface area contributed by atoms with Gasteiger partial charge in [0.05, 0.1) is 0 Å². The molecule has 1 saturated heterocycles. The van der Waals surface area contributed by atoms with E-state index in [1.165, 1.54) is 64.7 Å². The van der Waals surface area contributed by atoms with Crippen LogP contribution in [0.25, 0.3) is 0 Å². The molecular weight excluding hydrogens is 220 g/mol. The third kappa shape index (κ3) is 3.48. The first-order chi connectivity index (χ1) is 8.63. The van der Waals surface area contributed by atoms with E-state index in [0.29, 0.717) is 11.5 Å². The number of hydrogen-bond acceptors (Lipinski definition) is 2. The van der Waals surface area contributed by atoms with E-state index in [1.54, 1.807) is 0 Å². The van der Waals surface area contributed by atoms with Crippen molar-refractivity contribution < 1.29 is 0 Å². The summed E-state index contributed by atoms with van der Waals surface area (Å²) in [5, 5.41) is 3.79. The Bertz CT molecular complexity index is 265. The van der Waals surface area contributed by atoms with Gasteiger partial charge in [-0.05, 0) is 62.3 Å². The van der Waals surface area contributed by atoms with Gasteiger partial charge in [-0.1, -0.05) is 13.8 Å². The fourth-order valence-electron chi connectivity index (χ4n) is 3.40. The third-order valence-corrected chi connectivity index (χ3v) is 5.20. The van der Waals surface area contributed by atoms with Crippen LogP contribution in [0.2, 0.25) is 0 Å². The molecule has 0 aromatic carbocycles. The molecule has 2 saturated carbocycles. The number of nitrogens with one attached hydrogen (secondary N) is 1. The highest BCUT2D eigenvalue weighted by Crippen LogP contribution is 2.36. The van der Waals surface area contributed by atoms with E-state index in [4.69, 9.17) is 0 Å². The van der Waals surface area contributed by atoms with Crippen molar-refractivity contribution in [2.45, 2.75) is 58.4 Å². The van der Waals surface area contributed by atoms with Crippen LogP contribution in [-0.4, -0.2) is 37.1 Å². The molecule has 1 heterocycles. The van der Waals surface area contributed by atoms with Gasteiger partial charge in [-0.2, -0.15) is 0 Å². The number of rotatable bonds is 6. The Morgan fingerprint density at radius 3 is 2.11 bits per heavy atom. The van der Waals surface area contributed by atoms with Gasteiger partial charge in [-0.3, -0.25) is 0 Å². The minimum Gasteiger partial charge on any atom is -0.312 e. The summed E-state index contributed by atoms with van der Waals surface area (Å²) in [6.45, 7) is 10.2. The minimum atomic E-state index is 0.490. The largest absolute Gasteiger partial charge is 0.312 e. The van der Waals surface area contributed by atoms with Crippen molar-refractivity contribution >= 4 is 0 Å². The lowest BCUT2D eigenvalue weighted by atomic mass is 9.77. The molecule has 1 atom stereocenters. The Morgan fingerprint density at radius 1 is 1.00 bits per heavy atom. The Balaban J connectivity index is 1.55. The molecule has 1 aliphatic heterocycles. The zero-order valence-electron chi connectivity index (χ0n) is 12.3. The Morgan fingerprint density at radius 2 is 1.61 bits per heavy atom. The van der Waals surface area contributed by atoms with Gasteiger partial charge in [0.1, 0.15) is 0 Å². The van der Waals surface area contributed by atoms with Crippen LogP contribution in [0.3, 0.4) is 0 Å². The predicted octanol–water partition coefficient (Wildman–Crippen LogP) is 2.89. The average molecular weight is 250 g/mol. The molecule has 104 valence electrons. The highest BCUT2D eigenvalue weighted by atomic mass is 15.2. The van der Waals surface area contributed by atoms with E-state index < -0.39 is 0 Å². The highest BCUT2D eigenvalue weighted by molar-refractivity contribution is 4.92. The van der Waals surface area contributed by atoms with Crippen LogP contribution < -0.4 is 5.32 Å². The molecule has 3 fully saturated rings. The molecule has 1 unspecified atom stereocenters. The fraction of sp³-hybridized carbons (Fsp3) is 1.00. The van der Waals surface area contributed by atoms with E-state index in [2.05, 4.69) is 24.1 Å². The number of nitrogens with zero attached hydrogens (tertiary/aromatic N) is 1. The molecule has 18 heavy (non-hydrogen) atoms. The molecule has 0 bridgehead atoms. The molecule has 2 heteroatoms. The summed E-state index contributed by atoms with van der Waals surface area (Å²) in [6, 6.07) is 0.712. The molecule has 0 spiro atoms. The van der Waals surface area contributed by atoms with Crippen LogP contribution in [0.5, 0.6) is 0 Å². The van der Waals surface area contributed by atoms with Crippen LogP contribution >= 0.6 is 0 Å². The molecular formula is C16H30N2. The second-order valence-electron chi connectivity index (χ2n) is 7.70. The third-order valence-electron chi connectivity index (χ3n) is 5.20. The summed E-state index contributed by atoms with van der Waals surface area (Å²) in [5.74, 6) is 2.07. The van der Waals surface area contributed by atoms with Crippen LogP contribution in [0.1, 0.15) is 52.4 Å². The molecule has 0 aromatic rings. The summed E-state index contributed by atoms with van der Waals surface area (Å²) < 4.78 is 0. The molecule has 3 aliphatic rings. The summed E-state index contributed by atoms with van der Waals surface area (Å²) >= 11 is 0. The zero-order chi connectivity index (χ0) is 12.6. The normalized spacial score (nSPS) is 31.8. The molecule has 3 rings (SSSR count). The van der Waals surface area contributed by atoms with Gasteiger partial charge in [0.2, 0.25) is 0 Å². The summed E-state index contributed by atoms with van der Waals surface area (Å²) in [6.07, 6.45) is 8.71. The van der Waals surface area contributed by atoms with Gasteiger partial charge in [-0.15, -0.1) is 0 Å². The van der Waals surface area contributed by atoms with Gasteiger partial charge >= 0.3 is 0 Å². The number of hydrogen-bond donors (Lipinski definition) is 1. The molecule has 1 N–H and O–H groups in total. The SMILES string of the molecule is CC1(C)CCCNC1CN(CC1CC1)CC1CC1. The van der Waals surface area contributed by atoms with Crippen LogP contribution in [0.4, 0.5) is 0 Å². The van der Waals surface area contributed by atoms with E-state index >= 15 is 0 Å². The summed E-state index contributed by atoms with van der Waals surface area (Å²) in [5.41, 5.74) is 0.490. The second-order valence-corrected chi connectivity index (χ2v) is 7.70. The smallest absolute Gasteiger partial charge is 0.0246 e. The van der Waals surface area contributed by atoms with E-state index in [0.717, 1.165) is 11.8 Å². The first-order valence-corrected chi connectivity index (χ1v) is 8.09. The highest BCUT2D eigenvalue weighted by Gasteiger charge is 2.36.